The molecule has 3 atom stereocenters. The number of benzene rings is 3. The maximum Gasteiger partial charge on any atom is 0.303 e. The SMILES string of the molecule is O=C(O)CCCC(=O)NCc1ccc([C@H]2O[C@@H](CN3CCN(Cc4ccccc4)CC3)C[C@@H](c3ccc(CO)cc3)O2)cc1. The monoisotopic (exact) mass is 601 g/mol. The van der Waals surface area contributed by atoms with Crippen molar-refractivity contribution in [1.82, 2.24) is 15.1 Å². The van der Waals surface area contributed by atoms with E-state index in [1.807, 2.05) is 48.5 Å². The van der Waals surface area contributed by atoms with E-state index < -0.39 is 12.3 Å². The van der Waals surface area contributed by atoms with Crippen LogP contribution in [-0.2, 0) is 38.8 Å². The first kappa shape index (κ1) is 31.8. The van der Waals surface area contributed by atoms with Crippen LogP contribution in [0.5, 0.6) is 0 Å². The molecule has 2 aliphatic rings. The van der Waals surface area contributed by atoms with Crippen molar-refractivity contribution in [3.05, 3.63) is 107 Å². The number of aliphatic hydroxyl groups is 1. The van der Waals surface area contributed by atoms with Crippen molar-refractivity contribution in [2.24, 2.45) is 0 Å². The lowest BCUT2D eigenvalue weighted by Gasteiger charge is -2.40. The third-order valence-electron chi connectivity index (χ3n) is 8.33. The van der Waals surface area contributed by atoms with E-state index in [1.54, 1.807) is 0 Å². The lowest BCUT2D eigenvalue weighted by atomic mass is 9.99. The summed E-state index contributed by atoms with van der Waals surface area (Å²) in [7, 11) is 0. The molecule has 0 aromatic heterocycles. The number of piperazine rings is 1. The van der Waals surface area contributed by atoms with Gasteiger partial charge in [-0.1, -0.05) is 78.9 Å². The van der Waals surface area contributed by atoms with Crippen molar-refractivity contribution < 1.29 is 29.3 Å². The molecule has 2 saturated heterocycles. The summed E-state index contributed by atoms with van der Waals surface area (Å²) in [5.74, 6) is -1.05. The fourth-order valence-electron chi connectivity index (χ4n) is 5.77. The molecule has 44 heavy (non-hydrogen) atoms. The Hall–Kier alpha value is -3.60. The molecule has 3 N–H and O–H groups in total. The molecule has 9 nitrogen and oxygen atoms in total. The van der Waals surface area contributed by atoms with E-state index in [2.05, 4.69) is 45.4 Å². The smallest absolute Gasteiger partial charge is 0.303 e. The lowest BCUT2D eigenvalue weighted by Crippen LogP contribution is -2.49. The first-order chi connectivity index (χ1) is 21.4. The van der Waals surface area contributed by atoms with Crippen LogP contribution in [0.1, 0.15) is 65.9 Å². The molecular weight excluding hydrogens is 558 g/mol. The van der Waals surface area contributed by atoms with Crippen molar-refractivity contribution in [3.63, 3.8) is 0 Å². The largest absolute Gasteiger partial charge is 0.481 e. The molecule has 2 heterocycles. The number of nitrogens with zero attached hydrogens (tertiary/aromatic N) is 2. The molecule has 0 unspecified atom stereocenters. The molecule has 234 valence electrons. The normalized spacial score (nSPS) is 21.2. The van der Waals surface area contributed by atoms with Crippen LogP contribution in [0.4, 0.5) is 0 Å². The van der Waals surface area contributed by atoms with Gasteiger partial charge in [0.1, 0.15) is 0 Å². The van der Waals surface area contributed by atoms with Gasteiger partial charge in [0.05, 0.1) is 18.8 Å². The molecule has 1 amide bonds. The molecule has 0 saturated carbocycles. The number of aliphatic hydroxyl groups excluding tert-OH is 1. The molecule has 9 heteroatoms. The van der Waals surface area contributed by atoms with Gasteiger partial charge in [0, 0.05) is 70.6 Å². The van der Waals surface area contributed by atoms with Gasteiger partial charge in [0.2, 0.25) is 5.91 Å². The van der Waals surface area contributed by atoms with Crippen LogP contribution in [0.15, 0.2) is 78.9 Å². The number of carbonyl (C=O) groups excluding carboxylic acids is 1. The minimum Gasteiger partial charge on any atom is -0.481 e. The zero-order chi connectivity index (χ0) is 30.7. The Morgan fingerprint density at radius 1 is 0.773 bits per heavy atom. The van der Waals surface area contributed by atoms with Crippen LogP contribution in [0, 0.1) is 0 Å². The van der Waals surface area contributed by atoms with E-state index >= 15 is 0 Å². The van der Waals surface area contributed by atoms with Crippen molar-refractivity contribution in [2.75, 3.05) is 32.7 Å². The van der Waals surface area contributed by atoms with Crippen molar-refractivity contribution in [3.8, 4) is 0 Å². The number of ether oxygens (including phenoxy) is 2. The summed E-state index contributed by atoms with van der Waals surface area (Å²) in [5, 5.41) is 21.1. The lowest BCUT2D eigenvalue weighted by molar-refractivity contribution is -0.253. The Bertz CT molecular complexity index is 1330. The minimum atomic E-state index is -0.895. The fraction of sp³-hybridized carbons (Fsp3) is 0.429. The Morgan fingerprint density at radius 2 is 1.43 bits per heavy atom. The van der Waals surface area contributed by atoms with E-state index in [-0.39, 0.29) is 37.6 Å². The van der Waals surface area contributed by atoms with E-state index in [9.17, 15) is 14.7 Å². The number of hydrogen-bond donors (Lipinski definition) is 3. The minimum absolute atomic E-state index is 0.00551. The highest BCUT2D eigenvalue weighted by molar-refractivity contribution is 5.76. The number of amides is 1. The third kappa shape index (κ3) is 9.45. The van der Waals surface area contributed by atoms with Gasteiger partial charge in [0.25, 0.3) is 0 Å². The summed E-state index contributed by atoms with van der Waals surface area (Å²) in [6.07, 6.45) is 0.559. The molecule has 0 aliphatic carbocycles. The second kappa shape index (κ2) is 15.9. The number of carboxylic acids is 1. The predicted molar refractivity (Wildman–Crippen MR) is 166 cm³/mol. The first-order valence-electron chi connectivity index (χ1n) is 15.5. The van der Waals surface area contributed by atoms with E-state index in [1.165, 1.54) is 5.56 Å². The van der Waals surface area contributed by atoms with Gasteiger partial charge >= 0.3 is 5.97 Å². The number of rotatable bonds is 13. The Labute approximate surface area is 259 Å². The number of aliphatic carboxylic acids is 1. The molecule has 0 radical (unpaired) electrons. The number of nitrogens with one attached hydrogen (secondary N) is 1. The van der Waals surface area contributed by atoms with Crippen molar-refractivity contribution in [2.45, 2.75) is 63.9 Å². The van der Waals surface area contributed by atoms with Crippen LogP contribution < -0.4 is 5.32 Å². The molecule has 0 bridgehead atoms. The van der Waals surface area contributed by atoms with E-state index in [0.717, 1.165) is 67.9 Å². The van der Waals surface area contributed by atoms with Crippen LogP contribution in [0.3, 0.4) is 0 Å². The van der Waals surface area contributed by atoms with Gasteiger partial charge in [-0.15, -0.1) is 0 Å². The summed E-state index contributed by atoms with van der Waals surface area (Å²) < 4.78 is 13.1. The average Bonchev–Trinajstić information content (AvgIpc) is 3.05. The van der Waals surface area contributed by atoms with Crippen LogP contribution in [0.2, 0.25) is 0 Å². The zero-order valence-corrected chi connectivity index (χ0v) is 25.1. The van der Waals surface area contributed by atoms with Gasteiger partial charge in [-0.3, -0.25) is 19.4 Å². The highest BCUT2D eigenvalue weighted by atomic mass is 16.7. The fourth-order valence-corrected chi connectivity index (χ4v) is 5.77. The van der Waals surface area contributed by atoms with E-state index in [0.29, 0.717) is 13.0 Å². The maximum atomic E-state index is 12.1. The maximum absolute atomic E-state index is 12.1. The van der Waals surface area contributed by atoms with Crippen LogP contribution in [0.25, 0.3) is 0 Å². The first-order valence-corrected chi connectivity index (χ1v) is 15.5. The van der Waals surface area contributed by atoms with Crippen molar-refractivity contribution >= 4 is 11.9 Å². The highest BCUT2D eigenvalue weighted by Gasteiger charge is 2.33. The quantitative estimate of drug-likeness (QED) is 0.264. The topological polar surface area (TPSA) is 112 Å². The molecule has 3 aromatic carbocycles. The standard InChI is InChI=1S/C35H43N3O6/c39-25-28-11-13-29(14-12-28)32-21-31(24-38-19-17-37(18-20-38)23-27-5-2-1-3-6-27)43-35(44-32)30-15-9-26(10-16-30)22-36-33(40)7-4-8-34(41)42/h1-3,5-6,9-16,31-32,35,39H,4,7-8,17-25H2,(H,36,40)(H,41,42)/t31-,32+,35+/m1/s1. The van der Waals surface area contributed by atoms with Gasteiger partial charge < -0.3 is 25.0 Å². The molecule has 3 aromatic rings. The van der Waals surface area contributed by atoms with Gasteiger partial charge in [-0.2, -0.15) is 0 Å². The molecular formula is C35H43N3O6. The Balaban J connectivity index is 1.19. The third-order valence-corrected chi connectivity index (χ3v) is 8.33. The molecule has 5 rings (SSSR count). The summed E-state index contributed by atoms with van der Waals surface area (Å²) in [6, 6.07) is 26.4. The predicted octanol–water partition coefficient (Wildman–Crippen LogP) is 4.41. The Kier molecular flexibility index (Phi) is 11.5. The van der Waals surface area contributed by atoms with Crippen molar-refractivity contribution in [1.29, 1.82) is 0 Å². The summed E-state index contributed by atoms with van der Waals surface area (Å²) in [5.41, 5.74) is 5.13. The number of hydrogen-bond acceptors (Lipinski definition) is 7. The van der Waals surface area contributed by atoms with Crippen LogP contribution in [-0.4, -0.2) is 70.7 Å². The second-order valence-electron chi connectivity index (χ2n) is 11.7. The summed E-state index contributed by atoms with van der Waals surface area (Å²) in [4.78, 5) is 27.7. The highest BCUT2D eigenvalue weighted by Crippen LogP contribution is 2.38. The molecule has 2 fully saturated rings. The van der Waals surface area contributed by atoms with E-state index in [4.69, 9.17) is 14.6 Å². The van der Waals surface area contributed by atoms with Gasteiger partial charge in [-0.05, 0) is 28.7 Å². The average molecular weight is 602 g/mol. The molecule has 2 aliphatic heterocycles. The summed E-state index contributed by atoms with van der Waals surface area (Å²) in [6.45, 7) is 6.20. The summed E-state index contributed by atoms with van der Waals surface area (Å²) >= 11 is 0. The number of carboxylic acid groups (broad SMARTS) is 1. The zero-order valence-electron chi connectivity index (χ0n) is 25.1. The molecule has 0 spiro atoms. The van der Waals surface area contributed by atoms with Gasteiger partial charge in [-0.25, -0.2) is 0 Å². The number of carbonyl (C=O) groups is 2. The Morgan fingerprint density at radius 3 is 2.11 bits per heavy atom. The van der Waals surface area contributed by atoms with Gasteiger partial charge in [0.15, 0.2) is 6.29 Å². The second-order valence-corrected chi connectivity index (χ2v) is 11.7. The van der Waals surface area contributed by atoms with Crippen LogP contribution >= 0.6 is 0 Å².